The van der Waals surface area contributed by atoms with Crippen LogP contribution < -0.4 is 5.32 Å². The van der Waals surface area contributed by atoms with Gasteiger partial charge in [0, 0.05) is 24.5 Å². The molecule has 2 rings (SSSR count). The van der Waals surface area contributed by atoms with Gasteiger partial charge in [0.1, 0.15) is 5.82 Å². The molecule has 1 N–H and O–H groups in total. The number of sulfone groups is 1. The van der Waals surface area contributed by atoms with E-state index in [0.717, 1.165) is 5.13 Å². The summed E-state index contributed by atoms with van der Waals surface area (Å²) in [5, 5.41) is 3.63. The highest BCUT2D eigenvalue weighted by atomic mass is 32.2. The van der Waals surface area contributed by atoms with E-state index < -0.39 is 9.84 Å². The number of hydrogen-bond acceptors (Lipinski definition) is 6. The molecule has 0 spiro atoms. The normalized spacial score (nSPS) is 25.1. The Kier molecular flexibility index (Phi) is 2.44. The predicted molar refractivity (Wildman–Crippen MR) is 55.5 cm³/mol. The Balaban J connectivity index is 2.17. The summed E-state index contributed by atoms with van der Waals surface area (Å²) in [6.45, 7) is 0. The zero-order chi connectivity index (χ0) is 10.2. The zero-order valence-electron chi connectivity index (χ0n) is 7.73. The van der Waals surface area contributed by atoms with Gasteiger partial charge in [-0.2, -0.15) is 4.37 Å². The molecule has 1 aromatic rings. The molecule has 1 aliphatic heterocycles. The van der Waals surface area contributed by atoms with Crippen molar-refractivity contribution in [3.8, 4) is 0 Å². The van der Waals surface area contributed by atoms with Gasteiger partial charge in [-0.3, -0.25) is 0 Å². The minimum absolute atomic E-state index is 0.00153. The molecule has 78 valence electrons. The van der Waals surface area contributed by atoms with Crippen molar-refractivity contribution in [2.45, 2.75) is 12.3 Å². The first-order valence-corrected chi connectivity index (χ1v) is 6.92. The Morgan fingerprint density at radius 3 is 2.86 bits per heavy atom. The quantitative estimate of drug-likeness (QED) is 0.804. The van der Waals surface area contributed by atoms with Crippen LogP contribution in [0.1, 0.15) is 18.2 Å². The summed E-state index contributed by atoms with van der Waals surface area (Å²) in [6, 6.07) is 0. The van der Waals surface area contributed by atoms with Gasteiger partial charge in [0.2, 0.25) is 5.13 Å². The van der Waals surface area contributed by atoms with Gasteiger partial charge in [0.25, 0.3) is 0 Å². The second kappa shape index (κ2) is 3.47. The number of rotatable bonds is 2. The largest absolute Gasteiger partial charge is 0.363 e. The summed E-state index contributed by atoms with van der Waals surface area (Å²) in [5.41, 5.74) is 0. The third kappa shape index (κ3) is 1.88. The monoisotopic (exact) mass is 233 g/mol. The lowest BCUT2D eigenvalue weighted by molar-refractivity contribution is 0.601. The lowest BCUT2D eigenvalue weighted by Gasteiger charge is -1.99. The zero-order valence-corrected chi connectivity index (χ0v) is 9.36. The minimum Gasteiger partial charge on any atom is -0.363 e. The van der Waals surface area contributed by atoms with Crippen molar-refractivity contribution in [2.75, 3.05) is 23.9 Å². The topological polar surface area (TPSA) is 72.0 Å². The maximum atomic E-state index is 11.2. The molecule has 7 heteroatoms. The second-order valence-electron chi connectivity index (χ2n) is 3.31. The highest BCUT2D eigenvalue weighted by Gasteiger charge is 2.31. The first-order valence-electron chi connectivity index (χ1n) is 4.32. The summed E-state index contributed by atoms with van der Waals surface area (Å²) in [7, 11) is -1.06. The van der Waals surface area contributed by atoms with E-state index in [1.54, 1.807) is 7.05 Å². The van der Waals surface area contributed by atoms with E-state index in [4.69, 9.17) is 0 Å². The van der Waals surface area contributed by atoms with Crippen molar-refractivity contribution >= 4 is 26.5 Å². The molecule has 1 aromatic heterocycles. The molecule has 1 atom stereocenters. The lowest BCUT2D eigenvalue weighted by atomic mass is 10.1. The van der Waals surface area contributed by atoms with Crippen LogP contribution in [0.3, 0.4) is 0 Å². The molecule has 0 aliphatic carbocycles. The van der Waals surface area contributed by atoms with Crippen molar-refractivity contribution < 1.29 is 8.42 Å². The van der Waals surface area contributed by atoms with Gasteiger partial charge in [0.15, 0.2) is 9.84 Å². The van der Waals surface area contributed by atoms with Crippen LogP contribution in [0.2, 0.25) is 0 Å². The van der Waals surface area contributed by atoms with Crippen LogP contribution in [0.15, 0.2) is 0 Å². The van der Waals surface area contributed by atoms with Crippen molar-refractivity contribution in [1.29, 1.82) is 0 Å². The van der Waals surface area contributed by atoms with Crippen molar-refractivity contribution in [1.82, 2.24) is 9.36 Å². The summed E-state index contributed by atoms with van der Waals surface area (Å²) < 4.78 is 26.6. The van der Waals surface area contributed by atoms with Gasteiger partial charge in [-0.25, -0.2) is 13.4 Å². The molecule has 14 heavy (non-hydrogen) atoms. The number of hydrogen-bond donors (Lipinski definition) is 1. The Hall–Kier alpha value is -0.690. The number of nitrogens with one attached hydrogen (secondary N) is 1. The first kappa shape index (κ1) is 9.85. The fourth-order valence-corrected chi connectivity index (χ4v) is 3.84. The molecule has 0 bridgehead atoms. The van der Waals surface area contributed by atoms with Crippen LogP contribution in [-0.2, 0) is 9.84 Å². The minimum atomic E-state index is -2.84. The van der Waals surface area contributed by atoms with E-state index >= 15 is 0 Å². The Bertz CT molecular complexity index is 426. The Morgan fingerprint density at radius 2 is 2.36 bits per heavy atom. The maximum absolute atomic E-state index is 11.2. The number of anilines is 1. The standard InChI is InChI=1S/C7H11N3O2S2/c1-8-7-9-6(10-13-7)5-2-3-14(11,12)4-5/h5H,2-4H2,1H3,(H,8,9,10). The van der Waals surface area contributed by atoms with Crippen LogP contribution >= 0.6 is 11.5 Å². The van der Waals surface area contributed by atoms with Crippen LogP contribution in [-0.4, -0.2) is 36.3 Å². The highest BCUT2D eigenvalue weighted by molar-refractivity contribution is 7.91. The fourth-order valence-electron chi connectivity index (χ4n) is 1.50. The summed E-state index contributed by atoms with van der Waals surface area (Å²) in [5.74, 6) is 1.14. The van der Waals surface area contributed by atoms with Crippen LogP contribution in [0.4, 0.5) is 5.13 Å². The third-order valence-corrected chi connectivity index (χ3v) is 4.77. The maximum Gasteiger partial charge on any atom is 0.202 e. The van der Waals surface area contributed by atoms with Crippen LogP contribution in [0.25, 0.3) is 0 Å². The van der Waals surface area contributed by atoms with Gasteiger partial charge in [-0.15, -0.1) is 0 Å². The molecule has 0 amide bonds. The molecule has 0 radical (unpaired) electrons. The molecule has 1 aliphatic rings. The highest BCUT2D eigenvalue weighted by Crippen LogP contribution is 2.28. The molecule has 1 saturated heterocycles. The molecule has 5 nitrogen and oxygen atoms in total. The van der Waals surface area contributed by atoms with E-state index in [1.165, 1.54) is 11.5 Å². The van der Waals surface area contributed by atoms with Gasteiger partial charge >= 0.3 is 0 Å². The van der Waals surface area contributed by atoms with E-state index in [9.17, 15) is 8.42 Å². The van der Waals surface area contributed by atoms with Gasteiger partial charge in [-0.1, -0.05) is 0 Å². The van der Waals surface area contributed by atoms with Gasteiger partial charge in [0.05, 0.1) is 11.5 Å². The van der Waals surface area contributed by atoms with Gasteiger partial charge < -0.3 is 5.32 Å². The first-order chi connectivity index (χ1) is 6.61. The van der Waals surface area contributed by atoms with Crippen LogP contribution in [0.5, 0.6) is 0 Å². The number of nitrogens with zero attached hydrogens (tertiary/aromatic N) is 2. The van der Waals surface area contributed by atoms with Crippen LogP contribution in [0, 0.1) is 0 Å². The smallest absolute Gasteiger partial charge is 0.202 e. The van der Waals surface area contributed by atoms with E-state index in [0.29, 0.717) is 12.2 Å². The third-order valence-electron chi connectivity index (χ3n) is 2.25. The van der Waals surface area contributed by atoms with E-state index in [-0.39, 0.29) is 17.4 Å². The van der Waals surface area contributed by atoms with Gasteiger partial charge in [-0.05, 0) is 6.42 Å². The van der Waals surface area contributed by atoms with E-state index in [2.05, 4.69) is 14.7 Å². The SMILES string of the molecule is CNc1nc(C2CCS(=O)(=O)C2)ns1. The molecule has 0 aromatic carbocycles. The lowest BCUT2D eigenvalue weighted by Crippen LogP contribution is -2.05. The molecular weight excluding hydrogens is 222 g/mol. The molecule has 2 heterocycles. The fraction of sp³-hybridized carbons (Fsp3) is 0.714. The summed E-state index contributed by atoms with van der Waals surface area (Å²) in [4.78, 5) is 4.21. The number of aromatic nitrogens is 2. The molecular formula is C7H11N3O2S2. The summed E-state index contributed by atoms with van der Waals surface area (Å²) in [6.07, 6.45) is 0.655. The predicted octanol–water partition coefficient (Wildman–Crippen LogP) is 0.482. The van der Waals surface area contributed by atoms with Crippen molar-refractivity contribution in [3.63, 3.8) is 0 Å². The van der Waals surface area contributed by atoms with E-state index in [1.807, 2.05) is 0 Å². The van der Waals surface area contributed by atoms with Crippen molar-refractivity contribution in [3.05, 3.63) is 5.82 Å². The Labute approximate surface area is 86.6 Å². The molecule has 1 fully saturated rings. The molecule has 1 unspecified atom stereocenters. The average molecular weight is 233 g/mol. The molecule has 0 saturated carbocycles. The average Bonchev–Trinajstić information content (AvgIpc) is 2.70. The Morgan fingerprint density at radius 1 is 1.57 bits per heavy atom. The van der Waals surface area contributed by atoms with Crippen molar-refractivity contribution in [2.24, 2.45) is 0 Å². The second-order valence-corrected chi connectivity index (χ2v) is 6.29. The summed E-state index contributed by atoms with van der Waals surface area (Å²) >= 11 is 1.27.